The number of ketones is 1. The molecule has 3 rings (SSSR count). The molecule has 0 radical (unpaired) electrons. The second kappa shape index (κ2) is 5.88. The van der Waals surface area contributed by atoms with Crippen molar-refractivity contribution >= 4 is 50.4 Å². The first-order chi connectivity index (χ1) is 10.1. The van der Waals surface area contributed by atoms with E-state index in [1.165, 1.54) is 6.08 Å². The third-order valence-electron chi connectivity index (χ3n) is 3.02. The van der Waals surface area contributed by atoms with Gasteiger partial charge in [-0.15, -0.1) is 0 Å². The summed E-state index contributed by atoms with van der Waals surface area (Å²) < 4.78 is 6.50. The lowest BCUT2D eigenvalue weighted by Crippen LogP contribution is -1.90. The van der Waals surface area contributed by atoms with Crippen molar-refractivity contribution in [1.82, 2.24) is 0 Å². The van der Waals surface area contributed by atoms with E-state index in [1.54, 1.807) is 24.3 Å². The highest BCUT2D eigenvalue weighted by Gasteiger charge is 2.09. The fourth-order valence-electron chi connectivity index (χ4n) is 1.96. The van der Waals surface area contributed by atoms with E-state index in [-0.39, 0.29) is 5.78 Å². The van der Waals surface area contributed by atoms with Gasteiger partial charge in [0.1, 0.15) is 5.58 Å². The molecule has 1 aromatic heterocycles. The number of hydrogen-bond donors (Lipinski definition) is 0. The maximum atomic E-state index is 12.1. The van der Waals surface area contributed by atoms with Crippen LogP contribution >= 0.6 is 27.5 Å². The summed E-state index contributed by atoms with van der Waals surface area (Å²) in [6.45, 7) is 0. The molecule has 0 aliphatic heterocycles. The highest BCUT2D eigenvalue weighted by atomic mass is 79.9. The van der Waals surface area contributed by atoms with Crippen LogP contribution in [0.1, 0.15) is 16.1 Å². The summed E-state index contributed by atoms with van der Waals surface area (Å²) in [6.07, 6.45) is 3.23. The van der Waals surface area contributed by atoms with E-state index in [2.05, 4.69) is 15.9 Å². The predicted molar refractivity (Wildman–Crippen MR) is 88.7 cm³/mol. The van der Waals surface area contributed by atoms with E-state index >= 15 is 0 Å². The molecule has 0 atom stereocenters. The number of rotatable bonds is 3. The van der Waals surface area contributed by atoms with Gasteiger partial charge in [0, 0.05) is 14.9 Å². The molecular formula is C17H10BrClO2. The van der Waals surface area contributed by atoms with Crippen LogP contribution in [0.4, 0.5) is 0 Å². The first kappa shape index (κ1) is 14.1. The fourth-order valence-corrected chi connectivity index (χ4v) is 2.47. The lowest BCUT2D eigenvalue weighted by molar-refractivity contribution is 0.102. The number of furan rings is 1. The second-order valence-electron chi connectivity index (χ2n) is 4.54. The molecule has 0 spiro atoms. The largest absolute Gasteiger partial charge is 0.453 e. The Morgan fingerprint density at radius 2 is 1.86 bits per heavy atom. The van der Waals surface area contributed by atoms with Crippen LogP contribution in [0.2, 0.25) is 5.02 Å². The van der Waals surface area contributed by atoms with Crippen molar-refractivity contribution in [1.29, 1.82) is 0 Å². The van der Waals surface area contributed by atoms with Gasteiger partial charge < -0.3 is 4.42 Å². The quantitative estimate of drug-likeness (QED) is 0.439. The number of hydrogen-bond acceptors (Lipinski definition) is 2. The molecule has 0 saturated carbocycles. The topological polar surface area (TPSA) is 30.2 Å². The van der Waals surface area contributed by atoms with Gasteiger partial charge in [0.15, 0.2) is 5.76 Å². The Bertz CT molecular complexity index is 832. The molecular weight excluding hydrogens is 352 g/mol. The van der Waals surface area contributed by atoms with Crippen molar-refractivity contribution in [3.05, 3.63) is 75.4 Å². The number of halogens is 2. The van der Waals surface area contributed by atoms with Gasteiger partial charge in [0.25, 0.3) is 0 Å². The highest BCUT2D eigenvalue weighted by molar-refractivity contribution is 9.10. The molecule has 0 fully saturated rings. The lowest BCUT2D eigenvalue weighted by Gasteiger charge is -1.93. The van der Waals surface area contributed by atoms with Gasteiger partial charge in [0.2, 0.25) is 5.78 Å². The van der Waals surface area contributed by atoms with Crippen molar-refractivity contribution in [3.8, 4) is 0 Å². The number of carbonyl (C=O) groups excluding carboxylic acids is 1. The Balaban J connectivity index is 1.84. The molecule has 21 heavy (non-hydrogen) atoms. The first-order valence-electron chi connectivity index (χ1n) is 6.29. The molecule has 4 heteroatoms. The van der Waals surface area contributed by atoms with Crippen molar-refractivity contribution in [2.75, 3.05) is 0 Å². The first-order valence-corrected chi connectivity index (χ1v) is 7.46. The smallest absolute Gasteiger partial charge is 0.221 e. The zero-order chi connectivity index (χ0) is 14.8. The van der Waals surface area contributed by atoms with Crippen LogP contribution in [0.5, 0.6) is 0 Å². The standard InChI is InChI=1S/C17H10BrClO2/c18-13-4-8-16-12(9-13)10-17(21-16)15(20)7-3-11-1-5-14(19)6-2-11/h1-10H/b7-3+. The number of benzene rings is 2. The van der Waals surface area contributed by atoms with E-state index < -0.39 is 0 Å². The summed E-state index contributed by atoms with van der Waals surface area (Å²) in [5.41, 5.74) is 1.60. The highest BCUT2D eigenvalue weighted by Crippen LogP contribution is 2.24. The molecule has 2 aromatic carbocycles. The molecule has 0 aliphatic carbocycles. The number of carbonyl (C=O) groups is 1. The summed E-state index contributed by atoms with van der Waals surface area (Å²) >= 11 is 9.21. The van der Waals surface area contributed by atoms with E-state index in [4.69, 9.17) is 16.0 Å². The Hall–Kier alpha value is -1.84. The molecule has 0 saturated heterocycles. The molecule has 3 aromatic rings. The summed E-state index contributed by atoms with van der Waals surface area (Å²) in [4.78, 5) is 12.1. The number of allylic oxidation sites excluding steroid dienone is 1. The van der Waals surface area contributed by atoms with E-state index in [1.807, 2.05) is 30.3 Å². The molecule has 104 valence electrons. The van der Waals surface area contributed by atoms with Crippen LogP contribution in [0.15, 0.2) is 63.5 Å². The normalized spacial score (nSPS) is 11.3. The Kier molecular flexibility index (Phi) is 3.95. The zero-order valence-corrected chi connectivity index (χ0v) is 13.2. The van der Waals surface area contributed by atoms with Gasteiger partial charge in [-0.25, -0.2) is 0 Å². The minimum Gasteiger partial charge on any atom is -0.453 e. The SMILES string of the molecule is O=C(/C=C/c1ccc(Cl)cc1)c1cc2cc(Br)ccc2o1. The van der Waals surface area contributed by atoms with Gasteiger partial charge >= 0.3 is 0 Å². The van der Waals surface area contributed by atoms with E-state index in [9.17, 15) is 4.79 Å². The van der Waals surface area contributed by atoms with Crippen LogP contribution in [0.25, 0.3) is 17.0 Å². The van der Waals surface area contributed by atoms with E-state index in [0.29, 0.717) is 16.4 Å². The summed E-state index contributed by atoms with van der Waals surface area (Å²) in [5, 5.41) is 1.56. The third kappa shape index (κ3) is 3.26. The molecule has 0 amide bonds. The van der Waals surface area contributed by atoms with Crippen LogP contribution in [-0.4, -0.2) is 5.78 Å². The molecule has 0 aliphatic rings. The average molecular weight is 362 g/mol. The zero-order valence-electron chi connectivity index (χ0n) is 10.8. The van der Waals surface area contributed by atoms with Crippen molar-refractivity contribution in [2.45, 2.75) is 0 Å². The van der Waals surface area contributed by atoms with Crippen LogP contribution in [0, 0.1) is 0 Å². The lowest BCUT2D eigenvalue weighted by atomic mass is 10.2. The average Bonchev–Trinajstić information content (AvgIpc) is 2.89. The van der Waals surface area contributed by atoms with Crippen LogP contribution in [-0.2, 0) is 0 Å². The van der Waals surface area contributed by atoms with Crippen LogP contribution in [0.3, 0.4) is 0 Å². The number of fused-ring (bicyclic) bond motifs is 1. The summed E-state index contributed by atoms with van der Waals surface area (Å²) in [5.74, 6) is 0.158. The molecule has 0 N–H and O–H groups in total. The monoisotopic (exact) mass is 360 g/mol. The second-order valence-corrected chi connectivity index (χ2v) is 5.89. The minimum atomic E-state index is -0.169. The third-order valence-corrected chi connectivity index (χ3v) is 3.76. The Morgan fingerprint density at radius 3 is 2.62 bits per heavy atom. The molecule has 2 nitrogen and oxygen atoms in total. The van der Waals surface area contributed by atoms with Gasteiger partial charge in [-0.2, -0.15) is 0 Å². The van der Waals surface area contributed by atoms with Gasteiger partial charge in [-0.05, 0) is 48.0 Å². The molecule has 1 heterocycles. The predicted octanol–water partition coefficient (Wildman–Crippen LogP) is 5.74. The van der Waals surface area contributed by atoms with Gasteiger partial charge in [0.05, 0.1) is 0 Å². The van der Waals surface area contributed by atoms with Gasteiger partial charge in [-0.3, -0.25) is 4.79 Å². The van der Waals surface area contributed by atoms with Crippen LogP contribution < -0.4 is 0 Å². The molecule has 0 unspecified atom stereocenters. The molecule has 0 bridgehead atoms. The Labute approximate surface area is 135 Å². The van der Waals surface area contributed by atoms with Crippen molar-refractivity contribution in [3.63, 3.8) is 0 Å². The maximum Gasteiger partial charge on any atom is 0.221 e. The van der Waals surface area contributed by atoms with Gasteiger partial charge in [-0.1, -0.05) is 45.7 Å². The Morgan fingerprint density at radius 1 is 1.10 bits per heavy atom. The fraction of sp³-hybridized carbons (Fsp3) is 0. The maximum absolute atomic E-state index is 12.1. The van der Waals surface area contributed by atoms with Crippen molar-refractivity contribution < 1.29 is 9.21 Å². The summed E-state index contributed by atoms with van der Waals surface area (Å²) in [6, 6.07) is 14.6. The summed E-state index contributed by atoms with van der Waals surface area (Å²) in [7, 11) is 0. The van der Waals surface area contributed by atoms with Crippen molar-refractivity contribution in [2.24, 2.45) is 0 Å². The minimum absolute atomic E-state index is 0.169. The van der Waals surface area contributed by atoms with E-state index in [0.717, 1.165) is 15.4 Å².